The molecule has 0 aliphatic carbocycles. The van der Waals surface area contributed by atoms with Gasteiger partial charge in [0.05, 0.1) is 26.2 Å². The summed E-state index contributed by atoms with van der Waals surface area (Å²) in [6, 6.07) is 5.56. The van der Waals surface area contributed by atoms with Gasteiger partial charge in [0, 0.05) is 19.2 Å². The van der Waals surface area contributed by atoms with E-state index in [0.717, 1.165) is 5.56 Å². The van der Waals surface area contributed by atoms with Crippen molar-refractivity contribution in [2.45, 2.75) is 32.8 Å². The lowest BCUT2D eigenvalue weighted by molar-refractivity contribution is -0.148. The van der Waals surface area contributed by atoms with E-state index in [1.807, 2.05) is 32.0 Å². The fraction of sp³-hybridized carbons (Fsp3) is 0.500. The molecule has 6 heteroatoms. The third-order valence-corrected chi connectivity index (χ3v) is 4.31. The van der Waals surface area contributed by atoms with Crippen molar-refractivity contribution in [3.63, 3.8) is 0 Å². The van der Waals surface area contributed by atoms with Gasteiger partial charge < -0.3 is 19.1 Å². The molecule has 0 aromatic heterocycles. The SMILES string of the molecule is COC(=O)C1CCN(C(=O)C=Cc2ccc(OC(C)C)c(OC)c2)CC1. The fourth-order valence-corrected chi connectivity index (χ4v) is 2.91. The Morgan fingerprint density at radius 2 is 1.85 bits per heavy atom. The quantitative estimate of drug-likeness (QED) is 0.576. The van der Waals surface area contributed by atoms with Crippen molar-refractivity contribution in [3.8, 4) is 11.5 Å². The van der Waals surface area contributed by atoms with Gasteiger partial charge in [-0.05, 0) is 50.5 Å². The Kier molecular flexibility index (Phi) is 7.06. The zero-order chi connectivity index (χ0) is 19.1. The van der Waals surface area contributed by atoms with Gasteiger partial charge in [0.2, 0.25) is 5.91 Å². The highest BCUT2D eigenvalue weighted by molar-refractivity contribution is 5.92. The van der Waals surface area contributed by atoms with Crippen LogP contribution in [-0.4, -0.2) is 50.2 Å². The van der Waals surface area contributed by atoms with Crippen LogP contribution < -0.4 is 9.47 Å². The van der Waals surface area contributed by atoms with Gasteiger partial charge in [-0.1, -0.05) is 6.07 Å². The predicted molar refractivity (Wildman–Crippen MR) is 99.1 cm³/mol. The molecule has 142 valence electrons. The summed E-state index contributed by atoms with van der Waals surface area (Å²) < 4.78 is 15.8. The number of methoxy groups -OCH3 is 2. The molecule has 1 fully saturated rings. The number of ether oxygens (including phenoxy) is 3. The van der Waals surface area contributed by atoms with Crippen LogP contribution in [0.15, 0.2) is 24.3 Å². The number of benzene rings is 1. The normalized spacial score (nSPS) is 15.3. The van der Waals surface area contributed by atoms with Crippen molar-refractivity contribution >= 4 is 18.0 Å². The third kappa shape index (κ3) is 5.25. The van der Waals surface area contributed by atoms with Crippen LogP contribution in [0.25, 0.3) is 6.08 Å². The van der Waals surface area contributed by atoms with E-state index >= 15 is 0 Å². The maximum atomic E-state index is 12.4. The molecule has 1 aromatic carbocycles. The van der Waals surface area contributed by atoms with Crippen LogP contribution in [0, 0.1) is 5.92 Å². The number of carbonyl (C=O) groups is 2. The fourth-order valence-electron chi connectivity index (χ4n) is 2.91. The molecule has 1 saturated heterocycles. The van der Waals surface area contributed by atoms with E-state index in [2.05, 4.69) is 0 Å². The molecule has 6 nitrogen and oxygen atoms in total. The largest absolute Gasteiger partial charge is 0.493 e. The number of hydrogen-bond donors (Lipinski definition) is 0. The molecule has 2 rings (SSSR count). The molecule has 0 atom stereocenters. The van der Waals surface area contributed by atoms with Crippen LogP contribution in [0.4, 0.5) is 0 Å². The summed E-state index contributed by atoms with van der Waals surface area (Å²) in [6.07, 6.45) is 4.65. The van der Waals surface area contributed by atoms with Gasteiger partial charge in [0.25, 0.3) is 0 Å². The topological polar surface area (TPSA) is 65.1 Å². The highest BCUT2D eigenvalue weighted by Gasteiger charge is 2.26. The molecule has 0 radical (unpaired) electrons. The van der Waals surface area contributed by atoms with Gasteiger partial charge in [-0.25, -0.2) is 0 Å². The maximum Gasteiger partial charge on any atom is 0.308 e. The zero-order valence-corrected chi connectivity index (χ0v) is 15.9. The number of nitrogens with zero attached hydrogens (tertiary/aromatic N) is 1. The minimum Gasteiger partial charge on any atom is -0.493 e. The molecule has 1 heterocycles. The molecule has 1 amide bonds. The Labute approximate surface area is 154 Å². The van der Waals surface area contributed by atoms with Gasteiger partial charge in [-0.3, -0.25) is 9.59 Å². The monoisotopic (exact) mass is 361 g/mol. The second-order valence-electron chi connectivity index (χ2n) is 6.53. The molecule has 0 N–H and O–H groups in total. The Hall–Kier alpha value is -2.50. The first-order valence-corrected chi connectivity index (χ1v) is 8.84. The number of rotatable bonds is 6. The highest BCUT2D eigenvalue weighted by atomic mass is 16.5. The molecule has 1 aromatic rings. The highest BCUT2D eigenvalue weighted by Crippen LogP contribution is 2.29. The van der Waals surface area contributed by atoms with Gasteiger partial charge in [-0.15, -0.1) is 0 Å². The molecule has 0 saturated carbocycles. The lowest BCUT2D eigenvalue weighted by atomic mass is 9.97. The number of piperidine rings is 1. The summed E-state index contributed by atoms with van der Waals surface area (Å²) in [5.41, 5.74) is 0.857. The van der Waals surface area contributed by atoms with Gasteiger partial charge >= 0.3 is 5.97 Å². The van der Waals surface area contributed by atoms with E-state index in [1.165, 1.54) is 7.11 Å². The summed E-state index contributed by atoms with van der Waals surface area (Å²) in [5, 5.41) is 0. The van der Waals surface area contributed by atoms with Gasteiger partial charge in [0.15, 0.2) is 11.5 Å². The molecular weight excluding hydrogens is 334 g/mol. The summed E-state index contributed by atoms with van der Waals surface area (Å²) in [4.78, 5) is 25.7. The Balaban J connectivity index is 1.97. The standard InChI is InChI=1S/C20H27NO5/c1-14(2)26-17-7-5-15(13-18(17)24-3)6-8-19(22)21-11-9-16(10-12-21)20(23)25-4/h5-8,13-14,16H,9-12H2,1-4H3. The van der Waals surface area contributed by atoms with E-state index in [-0.39, 0.29) is 23.9 Å². The first-order valence-electron chi connectivity index (χ1n) is 8.84. The van der Waals surface area contributed by atoms with Crippen molar-refractivity contribution in [2.24, 2.45) is 5.92 Å². The van der Waals surface area contributed by atoms with Crippen LogP contribution in [0.3, 0.4) is 0 Å². The lowest BCUT2D eigenvalue weighted by Crippen LogP contribution is -2.39. The van der Waals surface area contributed by atoms with E-state index in [4.69, 9.17) is 14.2 Å². The van der Waals surface area contributed by atoms with Crippen LogP contribution in [-0.2, 0) is 14.3 Å². The average molecular weight is 361 g/mol. The number of carbonyl (C=O) groups excluding carboxylic acids is 2. The number of likely N-dealkylation sites (tertiary alicyclic amines) is 1. The minimum atomic E-state index is -0.191. The Bertz CT molecular complexity index is 660. The summed E-state index contributed by atoms with van der Waals surface area (Å²) in [7, 11) is 2.99. The second kappa shape index (κ2) is 9.27. The summed E-state index contributed by atoms with van der Waals surface area (Å²) in [6.45, 7) is 5.03. The van der Waals surface area contributed by atoms with Crippen molar-refractivity contribution in [3.05, 3.63) is 29.8 Å². The van der Waals surface area contributed by atoms with Crippen LogP contribution in [0.5, 0.6) is 11.5 Å². The number of esters is 1. The van der Waals surface area contributed by atoms with Gasteiger partial charge in [-0.2, -0.15) is 0 Å². The average Bonchev–Trinajstić information content (AvgIpc) is 2.65. The second-order valence-corrected chi connectivity index (χ2v) is 6.53. The first-order chi connectivity index (χ1) is 12.4. The van der Waals surface area contributed by atoms with Crippen molar-refractivity contribution in [1.82, 2.24) is 4.90 Å². The maximum absolute atomic E-state index is 12.4. The van der Waals surface area contributed by atoms with E-state index in [1.54, 1.807) is 24.2 Å². The Morgan fingerprint density at radius 1 is 1.15 bits per heavy atom. The molecule has 0 spiro atoms. The molecule has 1 aliphatic rings. The predicted octanol–water partition coefficient (Wildman–Crippen LogP) is 2.91. The van der Waals surface area contributed by atoms with Crippen molar-refractivity contribution < 1.29 is 23.8 Å². The number of amides is 1. The Morgan fingerprint density at radius 3 is 2.42 bits per heavy atom. The van der Waals surface area contributed by atoms with Crippen LogP contribution >= 0.6 is 0 Å². The first kappa shape index (κ1) is 19.8. The minimum absolute atomic E-state index is 0.0554. The number of hydrogen-bond acceptors (Lipinski definition) is 5. The molecule has 26 heavy (non-hydrogen) atoms. The van der Waals surface area contributed by atoms with E-state index in [0.29, 0.717) is 37.4 Å². The van der Waals surface area contributed by atoms with Crippen molar-refractivity contribution in [1.29, 1.82) is 0 Å². The summed E-state index contributed by atoms with van der Waals surface area (Å²) >= 11 is 0. The van der Waals surface area contributed by atoms with Gasteiger partial charge in [0.1, 0.15) is 0 Å². The molecular formula is C20H27NO5. The summed E-state index contributed by atoms with van der Waals surface area (Å²) in [5.74, 6) is 0.951. The molecule has 1 aliphatic heterocycles. The van der Waals surface area contributed by atoms with Crippen LogP contribution in [0.1, 0.15) is 32.3 Å². The van der Waals surface area contributed by atoms with Crippen LogP contribution in [0.2, 0.25) is 0 Å². The lowest BCUT2D eigenvalue weighted by Gasteiger charge is -2.29. The third-order valence-electron chi connectivity index (χ3n) is 4.31. The van der Waals surface area contributed by atoms with E-state index in [9.17, 15) is 9.59 Å². The smallest absolute Gasteiger partial charge is 0.308 e. The molecule has 0 unspecified atom stereocenters. The van der Waals surface area contributed by atoms with Crippen molar-refractivity contribution in [2.75, 3.05) is 27.3 Å². The zero-order valence-electron chi connectivity index (χ0n) is 15.9. The molecule has 0 bridgehead atoms. The van der Waals surface area contributed by atoms with E-state index < -0.39 is 0 Å².